The first-order chi connectivity index (χ1) is 6.59. The largest absolute Gasteiger partial charge is 0.545 e. The minimum Gasteiger partial charge on any atom is -0.545 e. The number of hydrogen-bond acceptors (Lipinski definition) is 2. The van der Waals surface area contributed by atoms with Crippen LogP contribution in [0.25, 0.3) is 0 Å². The number of carbonyl (C=O) groups is 1. The summed E-state index contributed by atoms with van der Waals surface area (Å²) in [5, 5.41) is 9.72. The number of carboxylic acids is 1. The highest BCUT2D eigenvalue weighted by molar-refractivity contribution is 5.83. The van der Waals surface area contributed by atoms with Crippen molar-refractivity contribution in [1.82, 2.24) is 0 Å². The lowest BCUT2D eigenvalue weighted by atomic mass is 10.2. The van der Waals surface area contributed by atoms with Crippen molar-refractivity contribution in [2.24, 2.45) is 0 Å². The van der Waals surface area contributed by atoms with Gasteiger partial charge in [0.25, 0.3) is 0 Å². The first-order valence-electron chi connectivity index (χ1n) is 5.49. The van der Waals surface area contributed by atoms with E-state index in [-0.39, 0.29) is 5.57 Å². The number of carboxylic acid groups (broad SMARTS) is 1. The molecule has 0 atom stereocenters. The molecule has 0 bridgehead atoms. The smallest absolute Gasteiger partial charge is 0.0668 e. The second kappa shape index (κ2) is 12.2. The molecule has 0 amide bonds. The number of rotatable bonds is 6. The van der Waals surface area contributed by atoms with E-state index in [1.165, 1.54) is 32.1 Å². The predicted octanol–water partition coefficient (Wildman–Crippen LogP) is 2.68. The van der Waals surface area contributed by atoms with E-state index in [4.69, 9.17) is 0 Å². The van der Waals surface area contributed by atoms with Gasteiger partial charge in [-0.25, -0.2) is 0 Å². The van der Waals surface area contributed by atoms with Crippen LogP contribution in [0.4, 0.5) is 0 Å². The van der Waals surface area contributed by atoms with Crippen LogP contribution in [0.15, 0.2) is 12.2 Å². The van der Waals surface area contributed by atoms with Crippen molar-refractivity contribution in [3.63, 3.8) is 0 Å². The van der Waals surface area contributed by atoms with E-state index in [1.54, 1.807) is 6.92 Å². The molecule has 0 aliphatic heterocycles. The van der Waals surface area contributed by atoms with Gasteiger partial charge in [0.2, 0.25) is 0 Å². The summed E-state index contributed by atoms with van der Waals surface area (Å²) in [4.78, 5) is 9.72. The highest BCUT2D eigenvalue weighted by Gasteiger charge is 1.84. The summed E-state index contributed by atoms with van der Waals surface area (Å²) in [5.41, 5.74) is 0.153. The molecule has 0 N–H and O–H groups in total. The zero-order valence-electron chi connectivity index (χ0n) is 9.77. The van der Waals surface area contributed by atoms with E-state index in [1.807, 2.05) is 0 Å². The van der Waals surface area contributed by atoms with Crippen LogP contribution in [0.3, 0.4) is 0 Å². The molecule has 0 aromatic rings. The normalized spacial score (nSPS) is 8.79. The van der Waals surface area contributed by atoms with Crippen LogP contribution >= 0.6 is 0 Å². The van der Waals surface area contributed by atoms with Gasteiger partial charge in [-0.3, -0.25) is 0 Å². The summed E-state index contributed by atoms with van der Waals surface area (Å²) in [6.07, 6.45) is 7.47. The second-order valence-corrected chi connectivity index (χ2v) is 3.31. The molecule has 0 rings (SSSR count). The molecule has 2 nitrogen and oxygen atoms in total. The van der Waals surface area contributed by atoms with Gasteiger partial charge in [-0.05, 0) is 12.0 Å². The van der Waals surface area contributed by atoms with Crippen LogP contribution in [0.2, 0.25) is 0 Å². The van der Waals surface area contributed by atoms with E-state index in [2.05, 4.69) is 20.4 Å². The molecule has 2 heteroatoms. The molecular weight excluding hydrogens is 176 g/mol. The van der Waals surface area contributed by atoms with Gasteiger partial charge >= 0.3 is 0 Å². The predicted molar refractivity (Wildman–Crippen MR) is 58.9 cm³/mol. The van der Waals surface area contributed by atoms with Gasteiger partial charge in [-0.1, -0.05) is 59.5 Å². The lowest BCUT2D eigenvalue weighted by molar-refractivity contribution is -0.299. The molecule has 0 heterocycles. The fraction of sp³-hybridized carbons (Fsp3) is 0.750. The Bertz CT molecular complexity index is 146. The Morgan fingerprint density at radius 3 is 1.64 bits per heavy atom. The van der Waals surface area contributed by atoms with Gasteiger partial charge < -0.3 is 9.90 Å². The Morgan fingerprint density at radius 2 is 1.50 bits per heavy atom. The molecule has 14 heavy (non-hydrogen) atoms. The molecule has 0 aliphatic carbocycles. The third-order valence-electron chi connectivity index (χ3n) is 1.92. The monoisotopic (exact) mass is 199 g/mol. The molecule has 0 unspecified atom stereocenters. The maximum absolute atomic E-state index is 9.72. The van der Waals surface area contributed by atoms with Crippen molar-refractivity contribution in [1.29, 1.82) is 0 Å². The van der Waals surface area contributed by atoms with Crippen LogP contribution in [0, 0.1) is 0 Å². The topological polar surface area (TPSA) is 40.1 Å². The Kier molecular flexibility index (Phi) is 13.7. The fourth-order valence-electron chi connectivity index (χ4n) is 0.821. The van der Waals surface area contributed by atoms with Gasteiger partial charge in [-0.2, -0.15) is 0 Å². The van der Waals surface area contributed by atoms with Gasteiger partial charge in [0, 0.05) is 0 Å². The summed E-state index contributed by atoms with van der Waals surface area (Å²) in [5.74, 6) is -1.15. The standard InChI is InChI=1S/C7H16.C5H8O2/c1-3-5-7-6-4-2;1-3-4(2)5(6)7/h3-7H2,1-2H3;2-3H2,1H3,(H,6,7)/p-1. The molecule has 0 aromatic heterocycles. The van der Waals surface area contributed by atoms with Crippen LogP contribution in [0.1, 0.15) is 59.3 Å². The zero-order chi connectivity index (χ0) is 11.4. The van der Waals surface area contributed by atoms with Crippen LogP contribution < -0.4 is 5.11 Å². The lowest BCUT2D eigenvalue weighted by Crippen LogP contribution is -2.23. The first kappa shape index (κ1) is 15.7. The SMILES string of the molecule is C=C(CC)C(=O)[O-].CCCCCCC. The minimum atomic E-state index is -1.15. The summed E-state index contributed by atoms with van der Waals surface area (Å²) in [7, 11) is 0. The average molecular weight is 199 g/mol. The number of aliphatic carboxylic acids is 1. The molecule has 0 saturated carbocycles. The molecule has 0 aliphatic rings. The van der Waals surface area contributed by atoms with Gasteiger partial charge in [0.15, 0.2) is 0 Å². The maximum Gasteiger partial charge on any atom is 0.0668 e. The van der Waals surface area contributed by atoms with Crippen molar-refractivity contribution in [2.45, 2.75) is 59.3 Å². The van der Waals surface area contributed by atoms with Crippen molar-refractivity contribution >= 4 is 5.97 Å². The number of carbonyl (C=O) groups excluding carboxylic acids is 1. The van der Waals surface area contributed by atoms with Crippen LogP contribution in [-0.4, -0.2) is 5.97 Å². The van der Waals surface area contributed by atoms with E-state index in [0.29, 0.717) is 6.42 Å². The highest BCUT2D eigenvalue weighted by Crippen LogP contribution is 2.00. The summed E-state index contributed by atoms with van der Waals surface area (Å²) < 4.78 is 0. The Labute approximate surface area is 88.0 Å². The van der Waals surface area contributed by atoms with E-state index >= 15 is 0 Å². The zero-order valence-corrected chi connectivity index (χ0v) is 9.77. The molecule has 0 spiro atoms. The number of hydrogen-bond donors (Lipinski definition) is 0. The van der Waals surface area contributed by atoms with Gasteiger partial charge in [0.05, 0.1) is 5.97 Å². The summed E-state index contributed by atoms with van der Waals surface area (Å²) in [6.45, 7) is 9.42. The van der Waals surface area contributed by atoms with E-state index in [9.17, 15) is 9.90 Å². The minimum absolute atomic E-state index is 0.153. The Balaban J connectivity index is 0. The van der Waals surface area contributed by atoms with Gasteiger partial charge in [-0.15, -0.1) is 0 Å². The molecular formula is C12H23O2-. The van der Waals surface area contributed by atoms with Crippen molar-refractivity contribution in [3.8, 4) is 0 Å². The van der Waals surface area contributed by atoms with Crippen LogP contribution in [0.5, 0.6) is 0 Å². The Morgan fingerprint density at radius 1 is 1.07 bits per heavy atom. The first-order valence-corrected chi connectivity index (χ1v) is 5.49. The van der Waals surface area contributed by atoms with Gasteiger partial charge in [0.1, 0.15) is 0 Å². The third kappa shape index (κ3) is 13.8. The third-order valence-corrected chi connectivity index (χ3v) is 1.92. The number of unbranched alkanes of at least 4 members (excludes halogenated alkanes) is 4. The summed E-state index contributed by atoms with van der Waals surface area (Å²) in [6, 6.07) is 0. The van der Waals surface area contributed by atoms with Crippen LogP contribution in [-0.2, 0) is 4.79 Å². The molecule has 0 aromatic carbocycles. The van der Waals surface area contributed by atoms with E-state index in [0.717, 1.165) is 0 Å². The van der Waals surface area contributed by atoms with Crippen molar-refractivity contribution in [2.75, 3.05) is 0 Å². The quantitative estimate of drug-likeness (QED) is 0.487. The highest BCUT2D eigenvalue weighted by atomic mass is 16.4. The summed E-state index contributed by atoms with van der Waals surface area (Å²) >= 11 is 0. The lowest BCUT2D eigenvalue weighted by Gasteiger charge is -1.98. The van der Waals surface area contributed by atoms with E-state index < -0.39 is 5.97 Å². The molecule has 84 valence electrons. The molecule has 0 radical (unpaired) electrons. The Hall–Kier alpha value is -0.790. The molecule has 0 fully saturated rings. The van der Waals surface area contributed by atoms with Crippen molar-refractivity contribution < 1.29 is 9.90 Å². The maximum atomic E-state index is 9.72. The average Bonchev–Trinajstić information content (AvgIpc) is 2.18. The van der Waals surface area contributed by atoms with Crippen molar-refractivity contribution in [3.05, 3.63) is 12.2 Å². The molecule has 0 saturated heterocycles. The second-order valence-electron chi connectivity index (χ2n) is 3.31. The fourth-order valence-corrected chi connectivity index (χ4v) is 0.821.